The number of carbonyl (C=O) groups is 1. The average Bonchev–Trinajstić information content (AvgIpc) is 3.77. The fourth-order valence-electron chi connectivity index (χ4n) is 5.26. The van der Waals surface area contributed by atoms with Crippen LogP contribution in [0, 0.1) is 0 Å². The number of benzene rings is 1. The van der Waals surface area contributed by atoms with Crippen molar-refractivity contribution >= 4 is 38.3 Å². The summed E-state index contributed by atoms with van der Waals surface area (Å²) in [4.78, 5) is 29.3. The predicted molar refractivity (Wildman–Crippen MR) is 152 cm³/mol. The summed E-state index contributed by atoms with van der Waals surface area (Å²) >= 11 is 0. The van der Waals surface area contributed by atoms with Gasteiger partial charge in [0.05, 0.1) is 48.2 Å². The molecule has 7 rings (SSSR count). The van der Waals surface area contributed by atoms with Crippen LogP contribution in [0.1, 0.15) is 46.9 Å². The number of amides is 1. The molecule has 3 aromatic heterocycles. The number of carbonyl (C=O) groups excluding carboxylic acids is 1. The van der Waals surface area contributed by atoms with Crippen LogP contribution >= 0.6 is 0 Å². The van der Waals surface area contributed by atoms with E-state index in [0.29, 0.717) is 24.4 Å². The fraction of sp³-hybridized carbons (Fsp3) is 0.333. The standard InChI is InChI=1S/C30H29N5O5S/c1-30(6-7-30)22-13-25-28(32-16-22)35(8-9-40-25)27-5-4-20-15-31-23(14-24(20)34-27)17-33-29(36)19-2-3-21-18-39-10-11-41(37,38)26(21)12-19/h2-5,12-16H,6-11,17-18H2,1H3,(H,33,36). The lowest BCUT2D eigenvalue weighted by Gasteiger charge is -2.30. The SMILES string of the molecule is CC1(c2cnc3c(c2)OCCN3c2ccc3cnc(CNC(=O)c4ccc5c(c4)S(=O)(=O)CCOC5)cc3n2)CC1. The number of hydrogen-bond donors (Lipinski definition) is 1. The summed E-state index contributed by atoms with van der Waals surface area (Å²) in [5, 5.41) is 3.73. The Kier molecular flexibility index (Phi) is 6.16. The zero-order valence-electron chi connectivity index (χ0n) is 22.6. The van der Waals surface area contributed by atoms with E-state index < -0.39 is 9.84 Å². The van der Waals surface area contributed by atoms with Gasteiger partial charge >= 0.3 is 0 Å². The Morgan fingerprint density at radius 2 is 1.95 bits per heavy atom. The zero-order chi connectivity index (χ0) is 28.2. The zero-order valence-corrected chi connectivity index (χ0v) is 23.4. The Morgan fingerprint density at radius 3 is 2.80 bits per heavy atom. The van der Waals surface area contributed by atoms with Crippen LogP contribution in [-0.2, 0) is 33.1 Å². The highest BCUT2D eigenvalue weighted by Crippen LogP contribution is 2.49. The second kappa shape index (κ2) is 9.78. The fourth-order valence-corrected chi connectivity index (χ4v) is 6.65. The van der Waals surface area contributed by atoms with Crippen molar-refractivity contribution in [3.63, 3.8) is 0 Å². The lowest BCUT2D eigenvalue weighted by Crippen LogP contribution is -2.30. The number of sulfone groups is 1. The molecule has 210 valence electrons. The van der Waals surface area contributed by atoms with E-state index in [9.17, 15) is 13.2 Å². The second-order valence-electron chi connectivity index (χ2n) is 11.0. The minimum Gasteiger partial charge on any atom is -0.488 e. The molecule has 1 amide bonds. The first-order valence-electron chi connectivity index (χ1n) is 13.7. The molecule has 2 aliphatic heterocycles. The van der Waals surface area contributed by atoms with E-state index in [1.54, 1.807) is 18.3 Å². The van der Waals surface area contributed by atoms with Crippen molar-refractivity contribution < 1.29 is 22.7 Å². The first kappa shape index (κ1) is 25.8. The molecule has 0 unspecified atom stereocenters. The molecule has 1 aromatic carbocycles. The molecule has 41 heavy (non-hydrogen) atoms. The predicted octanol–water partition coefficient (Wildman–Crippen LogP) is 3.84. The first-order chi connectivity index (χ1) is 19.8. The van der Waals surface area contributed by atoms with Crippen LogP contribution in [0.25, 0.3) is 10.9 Å². The van der Waals surface area contributed by atoms with Crippen LogP contribution in [0.5, 0.6) is 5.75 Å². The molecule has 10 nitrogen and oxygen atoms in total. The van der Waals surface area contributed by atoms with Gasteiger partial charge in [0.1, 0.15) is 12.4 Å². The monoisotopic (exact) mass is 571 g/mol. The highest BCUT2D eigenvalue weighted by atomic mass is 32.2. The molecule has 0 saturated heterocycles. The molecule has 0 atom stereocenters. The Morgan fingerprint density at radius 1 is 1.07 bits per heavy atom. The van der Waals surface area contributed by atoms with Gasteiger partial charge in [-0.05, 0) is 65.8 Å². The van der Waals surface area contributed by atoms with Gasteiger partial charge in [-0.15, -0.1) is 0 Å². The number of pyridine rings is 3. The molecule has 1 N–H and O–H groups in total. The molecular weight excluding hydrogens is 542 g/mol. The third kappa shape index (κ3) is 4.89. The van der Waals surface area contributed by atoms with Gasteiger partial charge < -0.3 is 19.7 Å². The molecule has 5 heterocycles. The molecule has 0 radical (unpaired) electrons. The number of nitrogens with zero attached hydrogens (tertiary/aromatic N) is 4. The highest BCUT2D eigenvalue weighted by Gasteiger charge is 2.40. The maximum Gasteiger partial charge on any atom is 0.251 e. The molecule has 1 aliphatic carbocycles. The number of ether oxygens (including phenoxy) is 2. The van der Waals surface area contributed by atoms with Gasteiger partial charge in [-0.25, -0.2) is 18.4 Å². The Labute approximate surface area is 237 Å². The van der Waals surface area contributed by atoms with Crippen molar-refractivity contribution in [2.24, 2.45) is 0 Å². The van der Waals surface area contributed by atoms with Gasteiger partial charge in [-0.2, -0.15) is 0 Å². The second-order valence-corrected chi connectivity index (χ2v) is 13.1. The molecule has 0 spiro atoms. The summed E-state index contributed by atoms with van der Waals surface area (Å²) in [5.41, 5.74) is 3.63. The third-order valence-electron chi connectivity index (χ3n) is 8.10. The van der Waals surface area contributed by atoms with Gasteiger partial charge in [0.15, 0.2) is 21.4 Å². The largest absolute Gasteiger partial charge is 0.488 e. The van der Waals surface area contributed by atoms with Crippen molar-refractivity contribution in [2.75, 3.05) is 30.4 Å². The first-order valence-corrected chi connectivity index (χ1v) is 15.3. The maximum absolute atomic E-state index is 12.9. The van der Waals surface area contributed by atoms with E-state index in [0.717, 1.165) is 28.3 Å². The lowest BCUT2D eigenvalue weighted by atomic mass is 10.0. The van der Waals surface area contributed by atoms with Crippen LogP contribution in [0.15, 0.2) is 59.8 Å². The molecule has 11 heteroatoms. The highest BCUT2D eigenvalue weighted by molar-refractivity contribution is 7.91. The maximum atomic E-state index is 12.9. The number of fused-ring (bicyclic) bond motifs is 3. The van der Waals surface area contributed by atoms with Crippen LogP contribution in [0.2, 0.25) is 0 Å². The van der Waals surface area contributed by atoms with Crippen LogP contribution < -0.4 is 15.0 Å². The number of anilines is 2. The quantitative estimate of drug-likeness (QED) is 0.381. The molecule has 4 aromatic rings. The van der Waals surface area contributed by atoms with Gasteiger partial charge in [0.25, 0.3) is 5.91 Å². The Balaban J connectivity index is 1.10. The normalized spacial score (nSPS) is 18.5. The van der Waals surface area contributed by atoms with Crippen molar-refractivity contribution in [3.05, 3.63) is 77.2 Å². The molecule has 1 fully saturated rings. The van der Waals surface area contributed by atoms with Gasteiger partial charge in [-0.3, -0.25) is 9.78 Å². The summed E-state index contributed by atoms with van der Waals surface area (Å²) < 4.78 is 36.5. The van der Waals surface area contributed by atoms with E-state index in [1.165, 1.54) is 24.5 Å². The molecular formula is C30H29N5O5S. The number of rotatable bonds is 5. The lowest BCUT2D eigenvalue weighted by molar-refractivity contribution is 0.0950. The van der Waals surface area contributed by atoms with Crippen LogP contribution in [0.3, 0.4) is 0 Å². The smallest absolute Gasteiger partial charge is 0.251 e. The van der Waals surface area contributed by atoms with Crippen molar-refractivity contribution in [1.82, 2.24) is 20.3 Å². The van der Waals surface area contributed by atoms with Gasteiger partial charge in [0, 0.05) is 23.3 Å². The minimum absolute atomic E-state index is 0.104. The average molecular weight is 572 g/mol. The van der Waals surface area contributed by atoms with Crippen LogP contribution in [0.4, 0.5) is 11.6 Å². The van der Waals surface area contributed by atoms with Crippen molar-refractivity contribution in [3.8, 4) is 5.75 Å². The van der Waals surface area contributed by atoms with E-state index in [4.69, 9.17) is 19.4 Å². The summed E-state index contributed by atoms with van der Waals surface area (Å²) in [6, 6.07) is 12.6. The van der Waals surface area contributed by atoms with E-state index in [1.807, 2.05) is 24.4 Å². The van der Waals surface area contributed by atoms with Crippen LogP contribution in [-0.4, -0.2) is 54.8 Å². The molecule has 3 aliphatic rings. The van der Waals surface area contributed by atoms with E-state index in [-0.39, 0.29) is 47.3 Å². The molecule has 1 saturated carbocycles. The van der Waals surface area contributed by atoms with Crippen molar-refractivity contribution in [1.29, 1.82) is 0 Å². The third-order valence-corrected chi connectivity index (χ3v) is 9.85. The van der Waals surface area contributed by atoms with E-state index >= 15 is 0 Å². The minimum atomic E-state index is -3.51. The molecule has 0 bridgehead atoms. The summed E-state index contributed by atoms with van der Waals surface area (Å²) in [6.45, 7) is 3.93. The Bertz CT molecular complexity index is 1800. The summed E-state index contributed by atoms with van der Waals surface area (Å²) in [7, 11) is -3.51. The summed E-state index contributed by atoms with van der Waals surface area (Å²) in [6.07, 6.45) is 6.03. The van der Waals surface area contributed by atoms with Gasteiger partial charge in [0.2, 0.25) is 0 Å². The van der Waals surface area contributed by atoms with Gasteiger partial charge in [-0.1, -0.05) is 13.0 Å². The number of aromatic nitrogens is 3. The topological polar surface area (TPSA) is 124 Å². The Hall–Kier alpha value is -4.09. The number of nitrogens with one attached hydrogen (secondary N) is 1. The van der Waals surface area contributed by atoms with E-state index in [2.05, 4.69) is 28.2 Å². The number of hydrogen-bond acceptors (Lipinski definition) is 9. The summed E-state index contributed by atoms with van der Waals surface area (Å²) in [5.74, 6) is 1.81. The van der Waals surface area contributed by atoms with Crippen molar-refractivity contribution in [2.45, 2.75) is 43.2 Å².